The second-order valence-electron chi connectivity index (χ2n) is 4.45. The molecule has 0 bridgehead atoms. The second kappa shape index (κ2) is 7.22. The van der Waals surface area contributed by atoms with Crippen LogP contribution in [0.1, 0.15) is 13.3 Å². The minimum atomic E-state index is -0.431. The molecule has 0 unspecified atom stereocenters. The van der Waals surface area contributed by atoms with Crippen molar-refractivity contribution in [2.45, 2.75) is 23.1 Å². The Hall–Kier alpha value is -1.88. The Morgan fingerprint density at radius 1 is 1.19 bits per heavy atom. The summed E-state index contributed by atoms with van der Waals surface area (Å²) < 4.78 is 24.3. The van der Waals surface area contributed by atoms with Gasteiger partial charge in [0.15, 0.2) is 11.6 Å². The number of ether oxygens (including phenoxy) is 2. The van der Waals surface area contributed by atoms with Crippen LogP contribution in [0.3, 0.4) is 0 Å². The summed E-state index contributed by atoms with van der Waals surface area (Å²) in [6, 6.07) is 10.6. The van der Waals surface area contributed by atoms with E-state index in [-0.39, 0.29) is 5.75 Å². The van der Waals surface area contributed by atoms with Crippen LogP contribution in [-0.4, -0.2) is 13.7 Å². The van der Waals surface area contributed by atoms with Gasteiger partial charge in [0.2, 0.25) is 0 Å². The Labute approximate surface area is 128 Å². The number of halogens is 1. The fourth-order valence-electron chi connectivity index (χ4n) is 1.73. The van der Waals surface area contributed by atoms with E-state index in [1.54, 1.807) is 13.2 Å². The summed E-state index contributed by atoms with van der Waals surface area (Å²) in [5.74, 6) is 0.598. The van der Waals surface area contributed by atoms with Gasteiger partial charge in [-0.1, -0.05) is 18.7 Å². The van der Waals surface area contributed by atoms with Gasteiger partial charge in [-0.3, -0.25) is 0 Å². The molecule has 0 fully saturated rings. The number of benzene rings is 2. The Bertz CT molecular complexity index is 602. The first-order valence-electron chi connectivity index (χ1n) is 6.67. The largest absolute Gasteiger partial charge is 0.497 e. The molecule has 2 rings (SSSR count). The average molecular weight is 307 g/mol. The van der Waals surface area contributed by atoms with E-state index in [0.29, 0.717) is 12.3 Å². The zero-order chi connectivity index (χ0) is 15.2. The zero-order valence-electron chi connectivity index (χ0n) is 12.1. The molecule has 0 aromatic heterocycles. The van der Waals surface area contributed by atoms with E-state index < -0.39 is 5.82 Å². The maximum Gasteiger partial charge on any atom is 0.167 e. The maximum atomic E-state index is 13.8. The van der Waals surface area contributed by atoms with Gasteiger partial charge in [-0.05, 0) is 36.8 Å². The van der Waals surface area contributed by atoms with E-state index in [4.69, 9.17) is 15.2 Å². The van der Waals surface area contributed by atoms with Gasteiger partial charge in [-0.25, -0.2) is 4.39 Å². The molecule has 5 heteroatoms. The van der Waals surface area contributed by atoms with Crippen LogP contribution in [0.4, 0.5) is 10.1 Å². The van der Waals surface area contributed by atoms with Crippen LogP contribution in [0, 0.1) is 5.82 Å². The van der Waals surface area contributed by atoms with Gasteiger partial charge in [-0.2, -0.15) is 0 Å². The first-order valence-corrected chi connectivity index (χ1v) is 7.49. The minimum absolute atomic E-state index is 0.238. The Kier molecular flexibility index (Phi) is 5.33. The van der Waals surface area contributed by atoms with Gasteiger partial charge in [-0.15, -0.1) is 0 Å². The van der Waals surface area contributed by atoms with E-state index in [9.17, 15) is 4.39 Å². The third-order valence-corrected chi connectivity index (χ3v) is 3.89. The second-order valence-corrected chi connectivity index (χ2v) is 5.56. The summed E-state index contributed by atoms with van der Waals surface area (Å²) in [7, 11) is 1.62. The summed E-state index contributed by atoms with van der Waals surface area (Å²) in [5, 5.41) is 0. The molecule has 0 saturated carbocycles. The molecule has 3 nitrogen and oxygen atoms in total. The van der Waals surface area contributed by atoms with E-state index in [1.165, 1.54) is 17.8 Å². The summed E-state index contributed by atoms with van der Waals surface area (Å²) in [5.41, 5.74) is 6.28. The van der Waals surface area contributed by atoms with Crippen molar-refractivity contribution in [2.75, 3.05) is 19.5 Å². The van der Waals surface area contributed by atoms with Crippen LogP contribution in [0.2, 0.25) is 0 Å². The Morgan fingerprint density at radius 2 is 1.90 bits per heavy atom. The van der Waals surface area contributed by atoms with Crippen molar-refractivity contribution >= 4 is 17.4 Å². The smallest absolute Gasteiger partial charge is 0.167 e. The average Bonchev–Trinajstić information content (AvgIpc) is 2.49. The van der Waals surface area contributed by atoms with Crippen molar-refractivity contribution in [3.8, 4) is 11.5 Å². The maximum absolute atomic E-state index is 13.8. The number of nitrogens with two attached hydrogens (primary N) is 1. The predicted octanol–water partition coefficient (Wildman–Crippen LogP) is 4.36. The Morgan fingerprint density at radius 3 is 2.52 bits per heavy atom. The fourth-order valence-corrected chi connectivity index (χ4v) is 2.60. The van der Waals surface area contributed by atoms with Crippen molar-refractivity contribution < 1.29 is 13.9 Å². The number of nitrogen functional groups attached to an aromatic ring is 1. The summed E-state index contributed by atoms with van der Waals surface area (Å²) >= 11 is 1.46. The number of methoxy groups -OCH3 is 1. The quantitative estimate of drug-likeness (QED) is 0.806. The Balaban J connectivity index is 2.21. The van der Waals surface area contributed by atoms with Gasteiger partial charge < -0.3 is 15.2 Å². The molecule has 0 aliphatic rings. The highest BCUT2D eigenvalue weighted by Gasteiger charge is 2.10. The van der Waals surface area contributed by atoms with E-state index in [0.717, 1.165) is 22.0 Å². The first kappa shape index (κ1) is 15.5. The van der Waals surface area contributed by atoms with Gasteiger partial charge >= 0.3 is 0 Å². The van der Waals surface area contributed by atoms with Crippen molar-refractivity contribution in [1.82, 2.24) is 0 Å². The van der Waals surface area contributed by atoms with Crippen molar-refractivity contribution in [2.24, 2.45) is 0 Å². The third-order valence-electron chi connectivity index (χ3n) is 2.81. The standard InChI is InChI=1S/C16H18FNO2S/c1-3-8-20-15-10-16(14(18)9-13(15)17)21-12-6-4-11(19-2)5-7-12/h4-7,9-10H,3,8,18H2,1-2H3. The lowest BCUT2D eigenvalue weighted by Crippen LogP contribution is -1.99. The molecule has 2 aromatic rings. The van der Waals surface area contributed by atoms with Gasteiger partial charge in [0, 0.05) is 21.5 Å². The van der Waals surface area contributed by atoms with Crippen molar-refractivity contribution in [1.29, 1.82) is 0 Å². The van der Waals surface area contributed by atoms with E-state index in [1.807, 2.05) is 31.2 Å². The minimum Gasteiger partial charge on any atom is -0.497 e. The molecule has 112 valence electrons. The van der Waals surface area contributed by atoms with E-state index >= 15 is 0 Å². The lowest BCUT2D eigenvalue weighted by Gasteiger charge is -2.11. The van der Waals surface area contributed by atoms with Crippen LogP contribution in [0.25, 0.3) is 0 Å². The van der Waals surface area contributed by atoms with Crippen LogP contribution in [0.5, 0.6) is 11.5 Å². The molecule has 0 spiro atoms. The fraction of sp³-hybridized carbons (Fsp3) is 0.250. The topological polar surface area (TPSA) is 44.5 Å². The molecule has 0 amide bonds. The number of rotatable bonds is 6. The predicted molar refractivity (Wildman–Crippen MR) is 83.7 cm³/mol. The van der Waals surface area contributed by atoms with Crippen molar-refractivity contribution in [3.63, 3.8) is 0 Å². The third kappa shape index (κ3) is 4.04. The molecule has 0 aliphatic heterocycles. The molecule has 0 saturated heterocycles. The van der Waals surface area contributed by atoms with Crippen LogP contribution in [-0.2, 0) is 0 Å². The normalized spacial score (nSPS) is 10.4. The molecule has 2 N–H and O–H groups in total. The van der Waals surface area contributed by atoms with Crippen LogP contribution < -0.4 is 15.2 Å². The lowest BCUT2D eigenvalue weighted by atomic mass is 10.3. The number of hydrogen-bond donors (Lipinski definition) is 1. The molecule has 0 aliphatic carbocycles. The summed E-state index contributed by atoms with van der Waals surface area (Å²) in [6.45, 7) is 2.45. The zero-order valence-corrected chi connectivity index (χ0v) is 12.9. The first-order chi connectivity index (χ1) is 10.1. The molecule has 0 heterocycles. The highest BCUT2D eigenvalue weighted by atomic mass is 32.2. The van der Waals surface area contributed by atoms with E-state index in [2.05, 4.69) is 0 Å². The monoisotopic (exact) mass is 307 g/mol. The van der Waals surface area contributed by atoms with Gasteiger partial charge in [0.25, 0.3) is 0 Å². The van der Waals surface area contributed by atoms with Crippen LogP contribution in [0.15, 0.2) is 46.2 Å². The number of anilines is 1. The molecular formula is C16H18FNO2S. The molecular weight excluding hydrogens is 289 g/mol. The van der Waals surface area contributed by atoms with Crippen molar-refractivity contribution in [3.05, 3.63) is 42.2 Å². The number of hydrogen-bond acceptors (Lipinski definition) is 4. The van der Waals surface area contributed by atoms with Gasteiger partial charge in [0.05, 0.1) is 13.7 Å². The van der Waals surface area contributed by atoms with Crippen LogP contribution >= 0.6 is 11.8 Å². The molecule has 21 heavy (non-hydrogen) atoms. The highest BCUT2D eigenvalue weighted by molar-refractivity contribution is 7.99. The summed E-state index contributed by atoms with van der Waals surface area (Å²) in [4.78, 5) is 1.77. The highest BCUT2D eigenvalue weighted by Crippen LogP contribution is 2.36. The molecule has 2 aromatic carbocycles. The lowest BCUT2D eigenvalue weighted by molar-refractivity contribution is 0.300. The molecule has 0 atom stereocenters. The summed E-state index contributed by atoms with van der Waals surface area (Å²) in [6.07, 6.45) is 0.824. The van der Waals surface area contributed by atoms with Gasteiger partial charge in [0.1, 0.15) is 5.75 Å². The molecule has 0 radical (unpaired) electrons. The SMILES string of the molecule is CCCOc1cc(Sc2ccc(OC)cc2)c(N)cc1F.